The summed E-state index contributed by atoms with van der Waals surface area (Å²) in [5.41, 5.74) is 2.72. The molecule has 0 bridgehead atoms. The second-order valence-electron chi connectivity index (χ2n) is 8.51. The number of amides is 1. The molecule has 3 aromatic rings. The maximum atomic E-state index is 13.6. The third-order valence-electron chi connectivity index (χ3n) is 5.96. The molecule has 0 radical (unpaired) electrons. The molecule has 1 unspecified atom stereocenters. The fourth-order valence-electron chi connectivity index (χ4n) is 4.10. The summed E-state index contributed by atoms with van der Waals surface area (Å²) in [6.45, 7) is 5.80. The second kappa shape index (κ2) is 9.55. The fraction of sp³-hybridized carbons (Fsp3) is 0.375. The lowest BCUT2D eigenvalue weighted by atomic mass is 9.98. The van der Waals surface area contributed by atoms with Crippen LogP contribution in [0.2, 0.25) is 0 Å². The van der Waals surface area contributed by atoms with Crippen molar-refractivity contribution in [2.75, 3.05) is 25.5 Å². The van der Waals surface area contributed by atoms with Crippen LogP contribution in [0.3, 0.4) is 0 Å². The Hall–Kier alpha value is -3.24. The minimum Gasteiger partial charge on any atom is -0.495 e. The fourth-order valence-corrected chi connectivity index (χ4v) is 5.88. The lowest BCUT2D eigenvalue weighted by Crippen LogP contribution is -2.43. The number of carbonyl (C=O) groups excluding carboxylic acids is 1. The van der Waals surface area contributed by atoms with Gasteiger partial charge in [0.2, 0.25) is 27.6 Å². The zero-order valence-electron chi connectivity index (χ0n) is 19.7. The molecule has 2 heterocycles. The van der Waals surface area contributed by atoms with E-state index >= 15 is 0 Å². The first-order valence-corrected chi connectivity index (χ1v) is 12.5. The lowest BCUT2D eigenvalue weighted by molar-refractivity contribution is -0.120. The zero-order chi connectivity index (χ0) is 24.5. The van der Waals surface area contributed by atoms with E-state index in [1.807, 2.05) is 19.1 Å². The predicted octanol–water partition coefficient (Wildman–Crippen LogP) is 3.71. The van der Waals surface area contributed by atoms with Crippen LogP contribution in [0.15, 0.2) is 45.8 Å². The van der Waals surface area contributed by atoms with E-state index in [1.54, 1.807) is 45.2 Å². The molecule has 1 saturated heterocycles. The molecule has 2 aromatic carbocycles. The van der Waals surface area contributed by atoms with Crippen LogP contribution in [0, 0.1) is 26.7 Å². The van der Waals surface area contributed by atoms with E-state index in [-0.39, 0.29) is 17.3 Å². The highest BCUT2D eigenvalue weighted by Crippen LogP contribution is 2.30. The summed E-state index contributed by atoms with van der Waals surface area (Å²) in [6, 6.07) is 10.6. The molecule has 0 spiro atoms. The van der Waals surface area contributed by atoms with Gasteiger partial charge in [0.05, 0.1) is 23.6 Å². The molecule has 1 aliphatic heterocycles. The number of hydrogen-bond donors (Lipinski definition) is 1. The summed E-state index contributed by atoms with van der Waals surface area (Å²) >= 11 is 0. The molecule has 1 aliphatic rings. The molecule has 1 atom stereocenters. The van der Waals surface area contributed by atoms with Gasteiger partial charge in [-0.25, -0.2) is 8.42 Å². The van der Waals surface area contributed by atoms with E-state index < -0.39 is 15.9 Å². The van der Waals surface area contributed by atoms with Crippen molar-refractivity contribution in [1.82, 2.24) is 14.4 Å². The van der Waals surface area contributed by atoms with E-state index in [4.69, 9.17) is 9.26 Å². The van der Waals surface area contributed by atoms with Gasteiger partial charge in [0.15, 0.2) is 0 Å². The maximum absolute atomic E-state index is 13.6. The maximum Gasteiger partial charge on any atom is 0.243 e. The number of anilines is 1. The first-order chi connectivity index (χ1) is 16.2. The highest BCUT2D eigenvalue weighted by molar-refractivity contribution is 7.89. The quantitative estimate of drug-likeness (QED) is 0.567. The molecule has 9 nitrogen and oxygen atoms in total. The van der Waals surface area contributed by atoms with Gasteiger partial charge >= 0.3 is 0 Å². The number of piperidine rings is 1. The highest BCUT2D eigenvalue weighted by Gasteiger charge is 2.34. The van der Waals surface area contributed by atoms with E-state index in [0.717, 1.165) is 5.56 Å². The molecular weight excluding hydrogens is 456 g/mol. The molecule has 10 heteroatoms. The van der Waals surface area contributed by atoms with Crippen LogP contribution in [0.5, 0.6) is 5.75 Å². The average molecular weight is 485 g/mol. The molecule has 0 saturated carbocycles. The van der Waals surface area contributed by atoms with E-state index in [9.17, 15) is 13.2 Å². The Morgan fingerprint density at radius 3 is 2.68 bits per heavy atom. The number of aromatic nitrogens is 2. The monoisotopic (exact) mass is 484 g/mol. The third kappa shape index (κ3) is 4.83. The van der Waals surface area contributed by atoms with Crippen LogP contribution in [0.25, 0.3) is 11.4 Å². The number of nitrogens with zero attached hydrogens (tertiary/aromatic N) is 3. The summed E-state index contributed by atoms with van der Waals surface area (Å²) < 4.78 is 38.9. The number of methoxy groups -OCH3 is 1. The first kappa shape index (κ1) is 23.9. The van der Waals surface area contributed by atoms with Gasteiger partial charge in [0.25, 0.3) is 0 Å². The summed E-state index contributed by atoms with van der Waals surface area (Å²) in [6.07, 6.45) is 1.19. The Labute approximate surface area is 199 Å². The largest absolute Gasteiger partial charge is 0.495 e. The number of hydrogen-bond acceptors (Lipinski definition) is 7. The normalized spacial score (nSPS) is 16.9. The number of sulfonamides is 1. The Balaban J connectivity index is 1.56. The zero-order valence-corrected chi connectivity index (χ0v) is 20.5. The number of nitrogens with one attached hydrogen (secondary N) is 1. The van der Waals surface area contributed by atoms with Gasteiger partial charge in [-0.05, 0) is 56.0 Å². The molecule has 1 fully saturated rings. The number of carbonyl (C=O) groups is 1. The summed E-state index contributed by atoms with van der Waals surface area (Å²) in [5.74, 6) is 0.587. The van der Waals surface area contributed by atoms with Crippen molar-refractivity contribution < 1.29 is 22.5 Å². The van der Waals surface area contributed by atoms with Crippen LogP contribution < -0.4 is 10.1 Å². The molecule has 1 amide bonds. The molecule has 180 valence electrons. The van der Waals surface area contributed by atoms with Crippen LogP contribution in [-0.4, -0.2) is 49.0 Å². The van der Waals surface area contributed by atoms with Crippen molar-refractivity contribution >= 4 is 21.6 Å². The van der Waals surface area contributed by atoms with Crippen LogP contribution in [0.1, 0.15) is 29.9 Å². The first-order valence-electron chi connectivity index (χ1n) is 11.1. The van der Waals surface area contributed by atoms with Gasteiger partial charge in [-0.3, -0.25) is 4.79 Å². The lowest BCUT2D eigenvalue weighted by Gasteiger charge is -2.31. The highest BCUT2D eigenvalue weighted by atomic mass is 32.2. The van der Waals surface area contributed by atoms with Gasteiger partial charge in [-0.1, -0.05) is 23.4 Å². The van der Waals surface area contributed by atoms with E-state index in [0.29, 0.717) is 53.7 Å². The van der Waals surface area contributed by atoms with Gasteiger partial charge in [0.1, 0.15) is 5.75 Å². The van der Waals surface area contributed by atoms with Crippen molar-refractivity contribution in [3.8, 4) is 17.1 Å². The Kier molecular flexibility index (Phi) is 6.72. The molecular formula is C24H28N4O5S. The van der Waals surface area contributed by atoms with Crippen LogP contribution in [-0.2, 0) is 14.8 Å². The van der Waals surface area contributed by atoms with Crippen molar-refractivity contribution in [3.63, 3.8) is 0 Å². The second-order valence-corrected chi connectivity index (χ2v) is 10.4. The predicted molar refractivity (Wildman–Crippen MR) is 127 cm³/mol. The summed E-state index contributed by atoms with van der Waals surface area (Å²) in [7, 11) is -2.29. The van der Waals surface area contributed by atoms with Crippen molar-refractivity contribution in [2.45, 2.75) is 38.5 Å². The van der Waals surface area contributed by atoms with Gasteiger partial charge in [-0.2, -0.15) is 9.29 Å². The van der Waals surface area contributed by atoms with Gasteiger partial charge in [-0.15, -0.1) is 0 Å². The number of benzene rings is 2. The molecule has 0 aliphatic carbocycles. The molecule has 4 rings (SSSR count). The Bertz CT molecular complexity index is 1320. The minimum atomic E-state index is -3.83. The molecule has 34 heavy (non-hydrogen) atoms. The van der Waals surface area contributed by atoms with Gasteiger partial charge in [0, 0.05) is 25.6 Å². The molecule has 1 N–H and O–H groups in total. The SMILES string of the molecule is COc1ccc(C)cc1NC(=O)C1CCCN(S(=O)(=O)c2cc(-c3noc(C)n3)ccc2C)C1. The van der Waals surface area contributed by atoms with Gasteiger partial charge < -0.3 is 14.6 Å². The third-order valence-corrected chi connectivity index (χ3v) is 7.97. The number of ether oxygens (including phenoxy) is 1. The molecule has 1 aromatic heterocycles. The number of aryl methyl sites for hydroxylation is 3. The van der Waals surface area contributed by atoms with Crippen LogP contribution in [0.4, 0.5) is 5.69 Å². The summed E-state index contributed by atoms with van der Waals surface area (Å²) in [5, 5.41) is 6.80. The summed E-state index contributed by atoms with van der Waals surface area (Å²) in [4.78, 5) is 17.4. The smallest absolute Gasteiger partial charge is 0.243 e. The van der Waals surface area contributed by atoms with Crippen molar-refractivity contribution in [2.24, 2.45) is 5.92 Å². The topological polar surface area (TPSA) is 115 Å². The Morgan fingerprint density at radius 1 is 1.18 bits per heavy atom. The minimum absolute atomic E-state index is 0.104. The van der Waals surface area contributed by atoms with Crippen molar-refractivity contribution in [1.29, 1.82) is 0 Å². The average Bonchev–Trinajstić information content (AvgIpc) is 3.25. The number of rotatable bonds is 6. The van der Waals surface area contributed by atoms with Crippen LogP contribution >= 0.6 is 0 Å². The van der Waals surface area contributed by atoms with Crippen molar-refractivity contribution in [3.05, 3.63) is 53.4 Å². The van der Waals surface area contributed by atoms with E-state index in [1.165, 1.54) is 4.31 Å². The Morgan fingerprint density at radius 2 is 1.97 bits per heavy atom. The van der Waals surface area contributed by atoms with E-state index in [2.05, 4.69) is 15.5 Å². The standard InChI is InChI=1S/C24H28N4O5S/c1-15-7-10-21(32-4)20(12-15)26-24(29)19-6-5-11-28(14-19)34(30,31)22-13-18(9-8-16(22)2)23-25-17(3)33-27-23/h7-10,12-13,19H,5-6,11,14H2,1-4H3,(H,26,29).